The minimum absolute atomic E-state index is 0.155. The van der Waals surface area contributed by atoms with Crippen molar-refractivity contribution >= 4 is 11.9 Å². The van der Waals surface area contributed by atoms with Gasteiger partial charge in [-0.1, -0.05) is 51.9 Å². The first kappa shape index (κ1) is 21.6. The summed E-state index contributed by atoms with van der Waals surface area (Å²) < 4.78 is 0. The number of piperidine rings is 1. The summed E-state index contributed by atoms with van der Waals surface area (Å²) in [7, 11) is 0. The number of carbonyl (C=O) groups excluding carboxylic acids is 1. The molecule has 3 N–H and O–H groups in total. The van der Waals surface area contributed by atoms with Gasteiger partial charge in [0.15, 0.2) is 5.96 Å². The van der Waals surface area contributed by atoms with E-state index in [0.29, 0.717) is 24.3 Å². The van der Waals surface area contributed by atoms with Crippen molar-refractivity contribution in [2.75, 3.05) is 19.6 Å². The summed E-state index contributed by atoms with van der Waals surface area (Å²) >= 11 is 0. The Balaban J connectivity index is 1.65. The average molecular weight is 393 g/mol. The number of hydrogen-bond donors (Lipinski definition) is 2. The topological polar surface area (TPSA) is 82.2 Å². The van der Waals surface area contributed by atoms with E-state index in [1.54, 1.807) is 4.90 Å². The van der Waals surface area contributed by atoms with E-state index in [9.17, 15) is 9.90 Å². The maximum absolute atomic E-state index is 13.5. The number of amides is 1. The molecule has 2 atom stereocenters. The normalized spacial score (nSPS) is 29.3. The molecular formula is C22H40N4O2. The quantitative estimate of drug-likeness (QED) is 0.665. The number of guanidine groups is 1. The molecule has 0 aromatic carbocycles. The number of carbonyl (C=O) groups is 1. The maximum Gasteiger partial charge on any atom is 0.257 e. The molecule has 2 aliphatic heterocycles. The number of rotatable bonds is 8. The van der Waals surface area contributed by atoms with Crippen LogP contribution in [0.2, 0.25) is 0 Å². The van der Waals surface area contributed by atoms with Gasteiger partial charge in [0, 0.05) is 19.6 Å². The highest BCUT2D eigenvalue weighted by atomic mass is 16.3. The van der Waals surface area contributed by atoms with Gasteiger partial charge in [0.1, 0.15) is 11.8 Å². The summed E-state index contributed by atoms with van der Waals surface area (Å²) in [6, 6.07) is 0. The average Bonchev–Trinajstić information content (AvgIpc) is 2.92. The smallest absolute Gasteiger partial charge is 0.257 e. The van der Waals surface area contributed by atoms with Gasteiger partial charge in [0.05, 0.1) is 0 Å². The van der Waals surface area contributed by atoms with Crippen LogP contribution in [0.1, 0.15) is 84.5 Å². The van der Waals surface area contributed by atoms with Gasteiger partial charge in [0.25, 0.3) is 5.91 Å². The van der Waals surface area contributed by atoms with Crippen molar-refractivity contribution in [3.63, 3.8) is 0 Å². The number of aliphatic imine (C=N–C) groups is 1. The van der Waals surface area contributed by atoms with Crippen LogP contribution in [0.3, 0.4) is 0 Å². The first-order valence-electron chi connectivity index (χ1n) is 11.5. The first-order valence-corrected chi connectivity index (χ1v) is 11.5. The van der Waals surface area contributed by atoms with E-state index in [1.807, 2.05) is 6.92 Å². The minimum atomic E-state index is -0.609. The van der Waals surface area contributed by atoms with Gasteiger partial charge in [0.2, 0.25) is 0 Å². The van der Waals surface area contributed by atoms with Crippen LogP contribution in [0.25, 0.3) is 0 Å². The Kier molecular flexibility index (Phi) is 7.37. The number of unbranched alkanes of at least 4 members (excludes halogenated alkanes) is 1. The molecule has 1 amide bonds. The van der Waals surface area contributed by atoms with Crippen molar-refractivity contribution in [3.05, 3.63) is 0 Å². The Morgan fingerprint density at radius 3 is 2.46 bits per heavy atom. The molecule has 6 heteroatoms. The standard InChI is InChI=1S/C22H40N4O2/c1-3-4-12-22(15-18-8-6-5-7-9-18)20(28)26(21(23)24-22)16-19-10-13-25(14-11-19)17(2)27/h17-19,27H,3-16H2,1-2H3,(H2,23,24). The number of hydrogen-bond acceptors (Lipinski definition) is 5. The largest absolute Gasteiger partial charge is 0.379 e. The Bertz CT molecular complexity index is 551. The van der Waals surface area contributed by atoms with Crippen LogP contribution in [0, 0.1) is 11.8 Å². The lowest BCUT2D eigenvalue weighted by atomic mass is 9.77. The lowest BCUT2D eigenvalue weighted by Crippen LogP contribution is -2.49. The van der Waals surface area contributed by atoms with Gasteiger partial charge in [-0.25, -0.2) is 4.99 Å². The van der Waals surface area contributed by atoms with Gasteiger partial charge < -0.3 is 10.8 Å². The van der Waals surface area contributed by atoms with Crippen LogP contribution in [0.15, 0.2) is 4.99 Å². The highest BCUT2D eigenvalue weighted by Crippen LogP contribution is 2.39. The van der Waals surface area contributed by atoms with E-state index < -0.39 is 11.8 Å². The monoisotopic (exact) mass is 392 g/mol. The van der Waals surface area contributed by atoms with E-state index in [0.717, 1.165) is 51.6 Å². The van der Waals surface area contributed by atoms with Crippen LogP contribution in [-0.4, -0.2) is 58.2 Å². The lowest BCUT2D eigenvalue weighted by molar-refractivity contribution is -0.133. The number of aliphatic hydroxyl groups excluding tert-OH is 1. The predicted molar refractivity (Wildman–Crippen MR) is 113 cm³/mol. The second kappa shape index (κ2) is 9.57. The maximum atomic E-state index is 13.5. The molecule has 28 heavy (non-hydrogen) atoms. The predicted octanol–water partition coefficient (Wildman–Crippen LogP) is 3.09. The van der Waals surface area contributed by atoms with E-state index in [2.05, 4.69) is 11.8 Å². The molecule has 0 radical (unpaired) electrons. The van der Waals surface area contributed by atoms with Crippen LogP contribution < -0.4 is 5.73 Å². The second-order valence-electron chi connectivity index (χ2n) is 9.34. The minimum Gasteiger partial charge on any atom is -0.379 e. The molecule has 1 saturated heterocycles. The molecule has 1 aliphatic carbocycles. The highest BCUT2D eigenvalue weighted by molar-refractivity contribution is 6.06. The zero-order valence-corrected chi connectivity index (χ0v) is 17.9. The summed E-state index contributed by atoms with van der Waals surface area (Å²) in [6.07, 6.45) is 11.8. The van der Waals surface area contributed by atoms with E-state index in [4.69, 9.17) is 10.7 Å². The van der Waals surface area contributed by atoms with Crippen molar-refractivity contribution in [1.82, 2.24) is 9.80 Å². The van der Waals surface area contributed by atoms with Crippen molar-refractivity contribution in [2.24, 2.45) is 22.6 Å². The third-order valence-electron chi connectivity index (χ3n) is 7.16. The van der Waals surface area contributed by atoms with E-state index >= 15 is 0 Å². The fourth-order valence-corrected chi connectivity index (χ4v) is 5.36. The van der Waals surface area contributed by atoms with Gasteiger partial charge in [-0.3, -0.25) is 14.6 Å². The molecule has 0 spiro atoms. The molecule has 160 valence electrons. The summed E-state index contributed by atoms with van der Waals surface area (Å²) in [4.78, 5) is 22.3. The fourth-order valence-electron chi connectivity index (χ4n) is 5.36. The molecule has 0 aromatic heterocycles. The van der Waals surface area contributed by atoms with Crippen LogP contribution in [0.4, 0.5) is 0 Å². The van der Waals surface area contributed by atoms with Crippen LogP contribution in [-0.2, 0) is 4.79 Å². The number of nitrogens with zero attached hydrogens (tertiary/aromatic N) is 3. The Labute approximate surface area is 170 Å². The van der Waals surface area contributed by atoms with Crippen LogP contribution >= 0.6 is 0 Å². The molecule has 1 saturated carbocycles. The summed E-state index contributed by atoms with van der Waals surface area (Å²) in [6.45, 7) is 6.44. The zero-order valence-electron chi connectivity index (χ0n) is 17.9. The van der Waals surface area contributed by atoms with Crippen LogP contribution in [0.5, 0.6) is 0 Å². The number of aliphatic hydroxyl groups is 1. The van der Waals surface area contributed by atoms with Gasteiger partial charge in [-0.2, -0.15) is 0 Å². The van der Waals surface area contributed by atoms with Crippen molar-refractivity contribution in [3.8, 4) is 0 Å². The number of nitrogens with two attached hydrogens (primary N) is 1. The molecule has 3 rings (SSSR count). The molecule has 2 fully saturated rings. The lowest BCUT2D eigenvalue weighted by Gasteiger charge is -2.36. The van der Waals surface area contributed by atoms with Gasteiger partial charge in [-0.15, -0.1) is 0 Å². The molecular weight excluding hydrogens is 352 g/mol. The summed E-state index contributed by atoms with van der Waals surface area (Å²) in [5.41, 5.74) is 5.71. The Morgan fingerprint density at radius 1 is 1.18 bits per heavy atom. The molecule has 2 unspecified atom stereocenters. The summed E-state index contributed by atoms with van der Waals surface area (Å²) in [5.74, 6) is 1.64. The summed E-state index contributed by atoms with van der Waals surface area (Å²) in [5, 5.41) is 9.76. The first-order chi connectivity index (χ1) is 13.4. The van der Waals surface area contributed by atoms with Crippen molar-refractivity contribution in [1.29, 1.82) is 0 Å². The SMILES string of the molecule is CCCCC1(CC2CCCCC2)N=C(N)N(CC2CCN(C(C)O)CC2)C1=O. The molecule has 3 aliphatic rings. The Hall–Kier alpha value is -1.14. The highest BCUT2D eigenvalue weighted by Gasteiger charge is 2.48. The molecule has 6 nitrogen and oxygen atoms in total. The fraction of sp³-hybridized carbons (Fsp3) is 0.909. The second-order valence-corrected chi connectivity index (χ2v) is 9.34. The van der Waals surface area contributed by atoms with Crippen molar-refractivity contribution in [2.45, 2.75) is 96.2 Å². The van der Waals surface area contributed by atoms with Gasteiger partial charge in [-0.05, 0) is 44.4 Å². The molecule has 0 bridgehead atoms. The van der Waals surface area contributed by atoms with E-state index in [1.165, 1.54) is 32.1 Å². The third-order valence-corrected chi connectivity index (χ3v) is 7.16. The van der Waals surface area contributed by atoms with Crippen molar-refractivity contribution < 1.29 is 9.90 Å². The Morgan fingerprint density at radius 2 is 1.86 bits per heavy atom. The van der Waals surface area contributed by atoms with E-state index in [-0.39, 0.29) is 5.91 Å². The molecule has 2 heterocycles. The third kappa shape index (κ3) is 4.88. The number of likely N-dealkylation sites (tertiary alicyclic amines) is 1. The zero-order chi connectivity index (χ0) is 20.1. The molecule has 0 aromatic rings. The van der Waals surface area contributed by atoms with Gasteiger partial charge >= 0.3 is 0 Å².